The van der Waals surface area contributed by atoms with E-state index in [1.165, 1.54) is 7.11 Å². The lowest BCUT2D eigenvalue weighted by Crippen LogP contribution is -2.01. The van der Waals surface area contributed by atoms with E-state index in [2.05, 4.69) is 31.9 Å². The van der Waals surface area contributed by atoms with Gasteiger partial charge in [-0.2, -0.15) is 0 Å². The number of benzene rings is 2. The fraction of sp³-hybridized carbons (Fsp3) is 0.143. The first-order valence-electron chi connectivity index (χ1n) is 5.56. The van der Waals surface area contributed by atoms with E-state index in [1.54, 1.807) is 18.2 Å². The summed E-state index contributed by atoms with van der Waals surface area (Å²) in [6, 6.07) is 7.24. The molecule has 0 N–H and O–H groups in total. The summed E-state index contributed by atoms with van der Waals surface area (Å²) < 4.78 is 32.9. The summed E-state index contributed by atoms with van der Waals surface area (Å²) >= 11 is 12.2. The highest BCUT2D eigenvalue weighted by Gasteiger charge is 2.20. The molecule has 2 aromatic rings. The minimum absolute atomic E-state index is 0.0847. The molecule has 0 fully saturated rings. The quantitative estimate of drug-likeness (QED) is 0.440. The molecule has 0 aromatic heterocycles. The Labute approximate surface area is 137 Å². The highest BCUT2D eigenvalue weighted by Crippen LogP contribution is 2.39. The van der Waals surface area contributed by atoms with Crippen LogP contribution in [-0.4, -0.2) is 7.11 Å². The largest absolute Gasteiger partial charge is 0.496 e. The molecule has 0 aliphatic carbocycles. The van der Waals surface area contributed by atoms with Crippen LogP contribution in [0, 0.1) is 11.6 Å². The summed E-state index contributed by atoms with van der Waals surface area (Å²) in [6.07, 6.45) is 0. The van der Waals surface area contributed by atoms with Crippen molar-refractivity contribution in [2.45, 2.75) is 4.83 Å². The summed E-state index contributed by atoms with van der Waals surface area (Å²) in [7, 11) is 1.49. The van der Waals surface area contributed by atoms with Gasteiger partial charge in [-0.15, -0.1) is 0 Å². The molecule has 0 saturated heterocycles. The molecule has 0 heterocycles. The lowest BCUT2D eigenvalue weighted by atomic mass is 10.0. The number of hydrogen-bond acceptors (Lipinski definition) is 1. The molecule has 0 saturated carbocycles. The van der Waals surface area contributed by atoms with Crippen molar-refractivity contribution < 1.29 is 13.5 Å². The third kappa shape index (κ3) is 3.15. The van der Waals surface area contributed by atoms with Crippen LogP contribution in [0.5, 0.6) is 5.75 Å². The molecule has 0 spiro atoms. The smallest absolute Gasteiger partial charge is 0.137 e. The number of rotatable bonds is 3. The van der Waals surface area contributed by atoms with Crippen molar-refractivity contribution in [1.29, 1.82) is 0 Å². The Morgan fingerprint density at radius 3 is 2.45 bits per heavy atom. The predicted octanol–water partition coefficient (Wildman–Crippen LogP) is 5.87. The van der Waals surface area contributed by atoms with Gasteiger partial charge in [0.1, 0.15) is 17.4 Å². The molecule has 20 heavy (non-hydrogen) atoms. The minimum atomic E-state index is -0.544. The number of halogens is 5. The van der Waals surface area contributed by atoms with E-state index in [0.29, 0.717) is 16.3 Å². The average Bonchev–Trinajstić information content (AvgIpc) is 2.42. The standard InChI is InChI=1S/C14H9Br2ClF2O/c1-20-13-4-7(17)2-3-8(13)14(16)9-5-12(19)10(15)6-11(9)18/h2-6,14H,1H3. The Balaban J connectivity index is 2.51. The van der Waals surface area contributed by atoms with Gasteiger partial charge in [0.15, 0.2) is 0 Å². The molecule has 0 bridgehead atoms. The molecule has 1 nitrogen and oxygen atoms in total. The fourth-order valence-electron chi connectivity index (χ4n) is 1.79. The predicted molar refractivity (Wildman–Crippen MR) is 82.8 cm³/mol. The molecule has 6 heteroatoms. The number of hydrogen-bond donors (Lipinski definition) is 0. The van der Waals surface area contributed by atoms with Crippen molar-refractivity contribution in [1.82, 2.24) is 0 Å². The maximum atomic E-state index is 14.0. The second kappa shape index (κ2) is 6.41. The zero-order valence-electron chi connectivity index (χ0n) is 10.3. The van der Waals surface area contributed by atoms with Crippen LogP contribution in [0.1, 0.15) is 16.0 Å². The molecule has 0 amide bonds. The summed E-state index contributed by atoms with van der Waals surface area (Å²) in [6.45, 7) is 0. The fourth-order valence-corrected chi connectivity index (χ4v) is 3.00. The van der Waals surface area contributed by atoms with Crippen LogP contribution >= 0.6 is 43.5 Å². The zero-order valence-corrected chi connectivity index (χ0v) is 14.2. The maximum absolute atomic E-state index is 14.0. The van der Waals surface area contributed by atoms with E-state index < -0.39 is 16.5 Å². The molecule has 106 valence electrons. The van der Waals surface area contributed by atoms with Crippen LogP contribution in [0.3, 0.4) is 0 Å². The molecular formula is C14H9Br2ClF2O. The first kappa shape index (κ1) is 15.7. The van der Waals surface area contributed by atoms with Crippen LogP contribution in [0.2, 0.25) is 5.02 Å². The van der Waals surface area contributed by atoms with E-state index >= 15 is 0 Å². The maximum Gasteiger partial charge on any atom is 0.137 e. The SMILES string of the molecule is COc1cc(Cl)ccc1C(Br)c1cc(F)c(Br)cc1F. The van der Waals surface area contributed by atoms with E-state index in [-0.39, 0.29) is 10.0 Å². The van der Waals surface area contributed by atoms with Crippen LogP contribution in [-0.2, 0) is 0 Å². The van der Waals surface area contributed by atoms with Crippen molar-refractivity contribution in [3.8, 4) is 5.75 Å². The molecule has 1 unspecified atom stereocenters. The van der Waals surface area contributed by atoms with E-state index in [9.17, 15) is 8.78 Å². The second-order valence-corrected chi connectivity index (χ2v) is 6.24. The third-order valence-corrected chi connectivity index (χ3v) is 4.61. The van der Waals surface area contributed by atoms with Crippen LogP contribution in [0.25, 0.3) is 0 Å². The Bertz CT molecular complexity index is 649. The monoisotopic (exact) mass is 424 g/mol. The molecule has 1 atom stereocenters. The average molecular weight is 426 g/mol. The van der Waals surface area contributed by atoms with Gasteiger partial charge in [-0.05, 0) is 40.2 Å². The first-order chi connectivity index (χ1) is 9.43. The van der Waals surface area contributed by atoms with E-state index in [0.717, 1.165) is 12.1 Å². The molecule has 0 aliphatic heterocycles. The topological polar surface area (TPSA) is 9.23 Å². The van der Waals surface area contributed by atoms with Crippen molar-refractivity contribution in [2.75, 3.05) is 7.11 Å². The van der Waals surface area contributed by atoms with Crippen LogP contribution < -0.4 is 4.74 Å². The number of alkyl halides is 1. The van der Waals surface area contributed by atoms with Gasteiger partial charge in [0.05, 0.1) is 16.4 Å². The van der Waals surface area contributed by atoms with Crippen LogP contribution in [0.15, 0.2) is 34.8 Å². The van der Waals surface area contributed by atoms with Gasteiger partial charge in [-0.1, -0.05) is 33.6 Å². The summed E-state index contributed by atoms with van der Waals surface area (Å²) in [5.74, 6) is -0.543. The van der Waals surface area contributed by atoms with Gasteiger partial charge in [-0.3, -0.25) is 0 Å². The van der Waals surface area contributed by atoms with Crippen LogP contribution in [0.4, 0.5) is 8.78 Å². The van der Waals surface area contributed by atoms with Gasteiger partial charge < -0.3 is 4.74 Å². The third-order valence-electron chi connectivity index (χ3n) is 2.78. The lowest BCUT2D eigenvalue weighted by molar-refractivity contribution is 0.410. The minimum Gasteiger partial charge on any atom is -0.496 e. The van der Waals surface area contributed by atoms with E-state index in [4.69, 9.17) is 16.3 Å². The summed E-state index contributed by atoms with van der Waals surface area (Å²) in [4.78, 5) is -0.544. The normalized spacial score (nSPS) is 12.3. The Kier molecular flexibility index (Phi) is 5.04. The van der Waals surface area contributed by atoms with E-state index in [1.807, 2.05) is 0 Å². The van der Waals surface area contributed by atoms with Gasteiger partial charge in [0, 0.05) is 16.1 Å². The highest BCUT2D eigenvalue weighted by molar-refractivity contribution is 9.10. The van der Waals surface area contributed by atoms with Crippen molar-refractivity contribution in [2.24, 2.45) is 0 Å². The molecule has 0 aliphatic rings. The van der Waals surface area contributed by atoms with Crippen molar-refractivity contribution >= 4 is 43.5 Å². The van der Waals surface area contributed by atoms with Crippen molar-refractivity contribution in [3.63, 3.8) is 0 Å². The molecule has 0 radical (unpaired) electrons. The first-order valence-corrected chi connectivity index (χ1v) is 7.64. The molecular weight excluding hydrogens is 417 g/mol. The molecule has 2 rings (SSSR count). The van der Waals surface area contributed by atoms with Gasteiger partial charge in [0.2, 0.25) is 0 Å². The number of methoxy groups -OCH3 is 1. The number of ether oxygens (including phenoxy) is 1. The molecule has 2 aromatic carbocycles. The second-order valence-electron chi connectivity index (χ2n) is 4.04. The Morgan fingerprint density at radius 2 is 1.80 bits per heavy atom. The Morgan fingerprint density at radius 1 is 1.10 bits per heavy atom. The van der Waals surface area contributed by atoms with Gasteiger partial charge in [0.25, 0.3) is 0 Å². The van der Waals surface area contributed by atoms with Gasteiger partial charge in [-0.25, -0.2) is 8.78 Å². The summed E-state index contributed by atoms with van der Waals surface area (Å²) in [5.41, 5.74) is 0.851. The highest BCUT2D eigenvalue weighted by atomic mass is 79.9. The Hall–Kier alpha value is -0.650. The van der Waals surface area contributed by atoms with Gasteiger partial charge >= 0.3 is 0 Å². The summed E-state index contributed by atoms with van der Waals surface area (Å²) in [5, 5.41) is 0.507. The zero-order chi connectivity index (χ0) is 14.9. The lowest BCUT2D eigenvalue weighted by Gasteiger charge is -2.16. The van der Waals surface area contributed by atoms with Crippen molar-refractivity contribution in [3.05, 3.63) is 62.6 Å².